The molecule has 1 saturated heterocycles. The highest BCUT2D eigenvalue weighted by molar-refractivity contribution is 9.10. The lowest BCUT2D eigenvalue weighted by Crippen LogP contribution is -2.49. The second kappa shape index (κ2) is 10.9. The van der Waals surface area contributed by atoms with Crippen molar-refractivity contribution in [1.82, 2.24) is 19.0 Å². The Hall–Kier alpha value is -3.55. The maximum absolute atomic E-state index is 14.7. The molecule has 5 nitrogen and oxygen atoms in total. The first-order chi connectivity index (χ1) is 19.1. The third-order valence-corrected chi connectivity index (χ3v) is 8.27. The molecule has 1 aliphatic heterocycles. The zero-order valence-electron chi connectivity index (χ0n) is 21.6. The minimum atomic E-state index is -0.950. The standard InChI is InChI=1S/C32H30BrFN4O/c33-28-20-29-30(35-21-28)38(31(39)37(29)19-18-36-22-24(23-36)16-17-34)32(25-10-4-1-5-11-25,26-12-6-2-7-13-26)27-14-8-3-9-15-27/h1-15,20-21,24H,16-19,22-23H2. The van der Waals surface area contributed by atoms with Gasteiger partial charge in [-0.3, -0.25) is 13.5 Å². The average molecular weight is 586 g/mol. The fourth-order valence-electron chi connectivity index (χ4n) is 5.99. The number of aromatic nitrogens is 3. The number of fused-ring (bicyclic) bond motifs is 1. The predicted molar refractivity (Wildman–Crippen MR) is 157 cm³/mol. The van der Waals surface area contributed by atoms with Crippen LogP contribution < -0.4 is 5.69 Å². The molecule has 39 heavy (non-hydrogen) atoms. The largest absolute Gasteiger partial charge is 0.331 e. The lowest BCUT2D eigenvalue weighted by molar-refractivity contribution is 0.0851. The maximum atomic E-state index is 14.7. The zero-order valence-corrected chi connectivity index (χ0v) is 23.2. The molecule has 7 heteroatoms. The van der Waals surface area contributed by atoms with Crippen LogP contribution in [0.15, 0.2) is 113 Å². The van der Waals surface area contributed by atoms with Crippen LogP contribution in [0, 0.1) is 5.92 Å². The van der Waals surface area contributed by atoms with E-state index in [2.05, 4.69) is 57.2 Å². The Bertz CT molecular complexity index is 1520. The molecule has 3 aromatic carbocycles. The molecule has 0 N–H and O–H groups in total. The lowest BCUT2D eigenvalue weighted by Gasteiger charge is -2.39. The number of imidazole rings is 1. The van der Waals surface area contributed by atoms with Crippen LogP contribution in [0.1, 0.15) is 23.1 Å². The molecule has 0 aliphatic carbocycles. The van der Waals surface area contributed by atoms with Crippen LogP contribution in [-0.2, 0) is 12.1 Å². The first kappa shape index (κ1) is 25.7. The van der Waals surface area contributed by atoms with E-state index in [9.17, 15) is 9.18 Å². The molecule has 0 atom stereocenters. The Kier molecular flexibility index (Phi) is 7.19. The van der Waals surface area contributed by atoms with Gasteiger partial charge in [0.05, 0.1) is 12.2 Å². The van der Waals surface area contributed by atoms with E-state index in [1.165, 1.54) is 0 Å². The van der Waals surface area contributed by atoms with Gasteiger partial charge >= 0.3 is 5.69 Å². The van der Waals surface area contributed by atoms with E-state index in [1.54, 1.807) is 6.20 Å². The van der Waals surface area contributed by atoms with Crippen LogP contribution in [0.3, 0.4) is 0 Å². The minimum absolute atomic E-state index is 0.118. The lowest BCUT2D eigenvalue weighted by atomic mass is 9.76. The molecule has 0 saturated carbocycles. The quantitative estimate of drug-likeness (QED) is 0.197. The third kappa shape index (κ3) is 4.53. The molecule has 1 aliphatic rings. The fraction of sp³-hybridized carbons (Fsp3) is 0.250. The molecule has 0 radical (unpaired) electrons. The van der Waals surface area contributed by atoms with Crippen LogP contribution in [-0.4, -0.2) is 45.3 Å². The molecule has 2 aromatic heterocycles. The molecule has 0 spiro atoms. The van der Waals surface area contributed by atoms with E-state index in [0.29, 0.717) is 24.5 Å². The van der Waals surface area contributed by atoms with Gasteiger partial charge in [0.15, 0.2) is 5.65 Å². The van der Waals surface area contributed by atoms with Gasteiger partial charge in [0.25, 0.3) is 0 Å². The number of alkyl halides is 1. The van der Waals surface area contributed by atoms with Gasteiger partial charge in [-0.15, -0.1) is 0 Å². The maximum Gasteiger partial charge on any atom is 0.331 e. The number of likely N-dealkylation sites (tertiary alicyclic amines) is 1. The normalized spacial score (nSPS) is 14.5. The number of rotatable bonds is 9. The Labute approximate surface area is 235 Å². The van der Waals surface area contributed by atoms with Gasteiger partial charge in [0.1, 0.15) is 5.54 Å². The van der Waals surface area contributed by atoms with Gasteiger partial charge in [-0.25, -0.2) is 9.78 Å². The number of hydrogen-bond acceptors (Lipinski definition) is 3. The van der Waals surface area contributed by atoms with E-state index in [0.717, 1.165) is 46.3 Å². The summed E-state index contributed by atoms with van der Waals surface area (Å²) in [6, 6.07) is 32.6. The number of hydrogen-bond donors (Lipinski definition) is 0. The highest BCUT2D eigenvalue weighted by Gasteiger charge is 2.42. The van der Waals surface area contributed by atoms with Gasteiger partial charge in [0.2, 0.25) is 0 Å². The van der Waals surface area contributed by atoms with Crippen LogP contribution in [0.25, 0.3) is 11.2 Å². The highest BCUT2D eigenvalue weighted by Crippen LogP contribution is 2.41. The molecule has 3 heterocycles. The van der Waals surface area contributed by atoms with Gasteiger partial charge in [-0.2, -0.15) is 0 Å². The summed E-state index contributed by atoms with van der Waals surface area (Å²) >= 11 is 3.58. The van der Waals surface area contributed by atoms with E-state index in [-0.39, 0.29) is 12.4 Å². The van der Waals surface area contributed by atoms with Crippen LogP contribution >= 0.6 is 15.9 Å². The first-order valence-corrected chi connectivity index (χ1v) is 14.1. The second-order valence-electron chi connectivity index (χ2n) is 10.2. The summed E-state index contributed by atoms with van der Waals surface area (Å²) in [5, 5.41) is 0. The molecule has 5 aromatic rings. The molecule has 6 rings (SSSR count). The van der Waals surface area contributed by atoms with Gasteiger partial charge in [0, 0.05) is 36.8 Å². The van der Waals surface area contributed by atoms with Crippen molar-refractivity contribution in [2.24, 2.45) is 5.92 Å². The van der Waals surface area contributed by atoms with Gasteiger partial charge in [-0.1, -0.05) is 91.0 Å². The predicted octanol–water partition coefficient (Wildman–Crippen LogP) is 6.09. The Balaban J connectivity index is 1.60. The first-order valence-electron chi connectivity index (χ1n) is 13.3. The number of halogens is 2. The van der Waals surface area contributed by atoms with Crippen molar-refractivity contribution >= 4 is 27.1 Å². The molecule has 0 unspecified atom stereocenters. The Morgan fingerprint density at radius 1 is 0.846 bits per heavy atom. The summed E-state index contributed by atoms with van der Waals surface area (Å²) in [7, 11) is 0. The topological polar surface area (TPSA) is 43.1 Å². The summed E-state index contributed by atoms with van der Waals surface area (Å²) in [5.74, 6) is 0.408. The summed E-state index contributed by atoms with van der Waals surface area (Å²) in [4.78, 5) is 21.8. The summed E-state index contributed by atoms with van der Waals surface area (Å²) < 4.78 is 17.3. The van der Waals surface area contributed by atoms with E-state index >= 15 is 0 Å². The Morgan fingerprint density at radius 3 is 1.90 bits per heavy atom. The van der Waals surface area contributed by atoms with E-state index in [4.69, 9.17) is 4.98 Å². The average Bonchev–Trinajstić information content (AvgIpc) is 3.23. The van der Waals surface area contributed by atoms with Crippen LogP contribution in [0.4, 0.5) is 4.39 Å². The highest BCUT2D eigenvalue weighted by atomic mass is 79.9. The van der Waals surface area contributed by atoms with Crippen molar-refractivity contribution < 1.29 is 4.39 Å². The number of benzene rings is 3. The summed E-state index contributed by atoms with van der Waals surface area (Å²) in [6.07, 6.45) is 2.37. The van der Waals surface area contributed by atoms with Crippen LogP contribution in [0.5, 0.6) is 0 Å². The molecular formula is C32H30BrFN4O. The fourth-order valence-corrected chi connectivity index (χ4v) is 6.31. The van der Waals surface area contributed by atoms with Crippen molar-refractivity contribution in [3.63, 3.8) is 0 Å². The van der Waals surface area contributed by atoms with Crippen molar-refractivity contribution in [2.45, 2.75) is 18.5 Å². The number of nitrogens with zero attached hydrogens (tertiary/aromatic N) is 4. The smallest absolute Gasteiger partial charge is 0.301 e. The van der Waals surface area contributed by atoms with E-state index in [1.807, 2.05) is 69.8 Å². The Morgan fingerprint density at radius 2 is 1.38 bits per heavy atom. The SMILES string of the molecule is O=c1n(CCN2CC(CCF)C2)c2cc(Br)cnc2n1C(c1ccccc1)(c1ccccc1)c1ccccc1. The zero-order chi connectivity index (χ0) is 26.8. The van der Waals surface area contributed by atoms with Crippen LogP contribution in [0.2, 0.25) is 0 Å². The van der Waals surface area contributed by atoms with Crippen molar-refractivity contribution in [2.75, 3.05) is 26.3 Å². The second-order valence-corrected chi connectivity index (χ2v) is 11.1. The molecule has 0 bridgehead atoms. The molecule has 198 valence electrons. The van der Waals surface area contributed by atoms with Crippen molar-refractivity contribution in [3.8, 4) is 0 Å². The summed E-state index contributed by atoms with van der Waals surface area (Å²) in [5.41, 5.74) is 3.27. The number of pyridine rings is 1. The monoisotopic (exact) mass is 584 g/mol. The van der Waals surface area contributed by atoms with E-state index < -0.39 is 5.54 Å². The molecular weight excluding hydrogens is 555 g/mol. The molecule has 1 fully saturated rings. The third-order valence-electron chi connectivity index (χ3n) is 7.84. The van der Waals surface area contributed by atoms with Gasteiger partial charge < -0.3 is 4.90 Å². The minimum Gasteiger partial charge on any atom is -0.301 e. The van der Waals surface area contributed by atoms with Gasteiger partial charge in [-0.05, 0) is 51.0 Å². The summed E-state index contributed by atoms with van der Waals surface area (Å²) in [6.45, 7) is 2.73. The van der Waals surface area contributed by atoms with Crippen molar-refractivity contribution in [1.29, 1.82) is 0 Å². The van der Waals surface area contributed by atoms with Crippen molar-refractivity contribution in [3.05, 3.63) is 135 Å². The molecule has 0 amide bonds.